The van der Waals surface area contributed by atoms with E-state index < -0.39 is 21.6 Å². The van der Waals surface area contributed by atoms with E-state index in [0.29, 0.717) is 33.5 Å². The number of hydrogen-bond donors (Lipinski definition) is 2. The van der Waals surface area contributed by atoms with Gasteiger partial charge in [0.15, 0.2) is 9.84 Å². The molecule has 0 bridgehead atoms. The first-order valence-electron chi connectivity index (χ1n) is 11.8. The molecular weight excluding hydrogens is 527 g/mol. The van der Waals surface area contributed by atoms with E-state index in [4.69, 9.17) is 0 Å². The van der Waals surface area contributed by atoms with Gasteiger partial charge in [0.25, 0.3) is 5.91 Å². The Morgan fingerprint density at radius 1 is 0.872 bits per heavy atom. The van der Waals surface area contributed by atoms with Crippen LogP contribution in [0.15, 0.2) is 95.9 Å². The zero-order chi connectivity index (χ0) is 27.8. The van der Waals surface area contributed by atoms with Crippen molar-refractivity contribution in [3.8, 4) is 22.5 Å². The number of sulfone groups is 1. The summed E-state index contributed by atoms with van der Waals surface area (Å²) in [6.07, 6.45) is -3.32. The first-order valence-corrected chi connectivity index (χ1v) is 13.7. The van der Waals surface area contributed by atoms with Gasteiger partial charge in [-0.05, 0) is 59.2 Å². The second-order valence-electron chi connectivity index (χ2n) is 9.04. The molecule has 0 radical (unpaired) electrons. The van der Waals surface area contributed by atoms with E-state index in [1.165, 1.54) is 12.1 Å². The van der Waals surface area contributed by atoms with E-state index in [9.17, 15) is 26.4 Å². The van der Waals surface area contributed by atoms with Crippen LogP contribution in [-0.4, -0.2) is 30.5 Å². The van der Waals surface area contributed by atoms with E-state index in [2.05, 4.69) is 15.3 Å². The van der Waals surface area contributed by atoms with Crippen LogP contribution in [0, 0.1) is 0 Å². The van der Waals surface area contributed by atoms with Crippen molar-refractivity contribution in [2.24, 2.45) is 0 Å². The molecule has 10 heteroatoms. The van der Waals surface area contributed by atoms with E-state index in [1.807, 2.05) is 24.3 Å². The van der Waals surface area contributed by atoms with Crippen molar-refractivity contribution < 1.29 is 26.4 Å². The van der Waals surface area contributed by atoms with Crippen molar-refractivity contribution >= 4 is 26.8 Å². The molecule has 1 aromatic heterocycles. The highest BCUT2D eigenvalue weighted by Gasteiger charge is 2.30. The summed E-state index contributed by atoms with van der Waals surface area (Å²) in [4.78, 5) is 20.3. The lowest BCUT2D eigenvalue weighted by atomic mass is 10.0. The van der Waals surface area contributed by atoms with Crippen LogP contribution in [0.25, 0.3) is 33.5 Å². The van der Waals surface area contributed by atoms with Crippen molar-refractivity contribution in [1.82, 2.24) is 15.3 Å². The summed E-state index contributed by atoms with van der Waals surface area (Å²) in [6.45, 7) is 0.0633. The molecule has 0 aliphatic carbocycles. The van der Waals surface area contributed by atoms with Gasteiger partial charge < -0.3 is 10.3 Å². The van der Waals surface area contributed by atoms with E-state index in [1.54, 1.807) is 42.5 Å². The monoisotopic (exact) mass is 549 g/mol. The predicted octanol–water partition coefficient (Wildman–Crippen LogP) is 6.25. The summed E-state index contributed by atoms with van der Waals surface area (Å²) >= 11 is 0. The molecule has 5 aromatic rings. The molecule has 1 amide bonds. The first-order chi connectivity index (χ1) is 18.5. The Morgan fingerprint density at radius 3 is 2.31 bits per heavy atom. The molecule has 0 aliphatic heterocycles. The fourth-order valence-electron chi connectivity index (χ4n) is 4.27. The van der Waals surface area contributed by atoms with Gasteiger partial charge in [-0.25, -0.2) is 13.4 Å². The lowest BCUT2D eigenvalue weighted by Gasteiger charge is -2.10. The van der Waals surface area contributed by atoms with Crippen LogP contribution in [-0.2, 0) is 22.6 Å². The van der Waals surface area contributed by atoms with Gasteiger partial charge in [-0.15, -0.1) is 0 Å². The van der Waals surface area contributed by atoms with Crippen molar-refractivity contribution in [1.29, 1.82) is 0 Å². The number of fused-ring (bicyclic) bond motifs is 1. The van der Waals surface area contributed by atoms with E-state index in [0.717, 1.165) is 29.5 Å². The van der Waals surface area contributed by atoms with Gasteiger partial charge in [0, 0.05) is 23.9 Å². The summed E-state index contributed by atoms with van der Waals surface area (Å²) in [5.41, 5.74) is 3.24. The van der Waals surface area contributed by atoms with Gasteiger partial charge in [-0.2, -0.15) is 13.2 Å². The maximum absolute atomic E-state index is 13.1. The fourth-order valence-corrected chi connectivity index (χ4v) is 5.21. The fraction of sp³-hybridized carbons (Fsp3) is 0.103. The molecule has 0 atom stereocenters. The lowest BCUT2D eigenvalue weighted by molar-refractivity contribution is -0.137. The first kappa shape index (κ1) is 26.2. The van der Waals surface area contributed by atoms with Gasteiger partial charge in [-0.1, -0.05) is 48.5 Å². The second kappa shape index (κ2) is 10.0. The Morgan fingerprint density at radius 2 is 1.59 bits per heavy atom. The molecule has 0 aliphatic rings. The minimum atomic E-state index is -4.44. The summed E-state index contributed by atoms with van der Waals surface area (Å²) in [5.74, 6) is 0.0932. The number of benzene rings is 4. The summed E-state index contributed by atoms with van der Waals surface area (Å²) < 4.78 is 63.2. The summed E-state index contributed by atoms with van der Waals surface area (Å²) in [5, 5.41) is 2.76. The Bertz CT molecular complexity index is 1790. The molecule has 198 valence electrons. The highest BCUT2D eigenvalue weighted by molar-refractivity contribution is 7.90. The molecule has 0 saturated carbocycles. The van der Waals surface area contributed by atoms with E-state index >= 15 is 0 Å². The zero-order valence-corrected chi connectivity index (χ0v) is 21.4. The third-order valence-corrected chi connectivity index (χ3v) is 7.43. The molecule has 0 spiro atoms. The average molecular weight is 550 g/mol. The lowest BCUT2D eigenvalue weighted by Crippen LogP contribution is -2.23. The normalized spacial score (nSPS) is 12.0. The zero-order valence-electron chi connectivity index (χ0n) is 20.6. The maximum atomic E-state index is 13.1. The predicted molar refractivity (Wildman–Crippen MR) is 143 cm³/mol. The highest BCUT2D eigenvalue weighted by Crippen LogP contribution is 2.32. The molecule has 5 rings (SSSR count). The third-order valence-electron chi connectivity index (χ3n) is 6.24. The number of amides is 1. The second-order valence-corrected chi connectivity index (χ2v) is 11.0. The number of carbonyl (C=O) groups excluding carboxylic acids is 1. The summed E-state index contributed by atoms with van der Waals surface area (Å²) in [7, 11) is -3.42. The molecule has 0 unspecified atom stereocenters. The van der Waals surface area contributed by atoms with Gasteiger partial charge in [-0.3, -0.25) is 4.79 Å². The number of aromatic amines is 1. The minimum Gasteiger partial charge on any atom is -0.348 e. The average Bonchev–Trinajstić information content (AvgIpc) is 3.35. The van der Waals surface area contributed by atoms with Crippen LogP contribution in [0.5, 0.6) is 0 Å². The number of aromatic nitrogens is 2. The molecule has 0 saturated heterocycles. The van der Waals surface area contributed by atoms with Crippen LogP contribution in [0.4, 0.5) is 13.2 Å². The SMILES string of the molecule is CS(=O)(=O)c1ccccc1CNC(=O)c1ccc(-c2cccc(-c3nc4ccc(C(F)(F)F)cc4[nH]3)c2)cc1. The van der Waals surface area contributed by atoms with Crippen LogP contribution in [0.3, 0.4) is 0 Å². The summed E-state index contributed by atoms with van der Waals surface area (Å²) in [6, 6.07) is 24.2. The van der Waals surface area contributed by atoms with Crippen LogP contribution in [0.2, 0.25) is 0 Å². The van der Waals surface area contributed by atoms with Crippen molar-refractivity contribution in [3.05, 3.63) is 108 Å². The Kier molecular flexibility index (Phi) is 6.73. The molecule has 39 heavy (non-hydrogen) atoms. The largest absolute Gasteiger partial charge is 0.416 e. The van der Waals surface area contributed by atoms with Crippen molar-refractivity contribution in [2.75, 3.05) is 6.26 Å². The topological polar surface area (TPSA) is 91.9 Å². The number of imidazole rings is 1. The number of hydrogen-bond acceptors (Lipinski definition) is 4. The smallest absolute Gasteiger partial charge is 0.348 e. The number of nitrogens with one attached hydrogen (secondary N) is 2. The number of carbonyl (C=O) groups is 1. The minimum absolute atomic E-state index is 0.0633. The van der Waals surface area contributed by atoms with Gasteiger partial charge in [0.05, 0.1) is 21.5 Å². The number of rotatable bonds is 6. The number of nitrogens with zero attached hydrogens (tertiary/aromatic N) is 1. The highest BCUT2D eigenvalue weighted by atomic mass is 32.2. The Balaban J connectivity index is 1.33. The number of H-pyrrole nitrogens is 1. The van der Waals surface area contributed by atoms with Crippen LogP contribution >= 0.6 is 0 Å². The Labute approximate surface area is 222 Å². The van der Waals surface area contributed by atoms with Crippen molar-refractivity contribution in [3.63, 3.8) is 0 Å². The quantitative estimate of drug-likeness (QED) is 0.262. The van der Waals surface area contributed by atoms with Gasteiger partial charge in [0.1, 0.15) is 5.82 Å². The maximum Gasteiger partial charge on any atom is 0.416 e. The molecule has 2 N–H and O–H groups in total. The van der Waals surface area contributed by atoms with Crippen LogP contribution < -0.4 is 5.32 Å². The molecule has 6 nitrogen and oxygen atoms in total. The number of alkyl halides is 3. The van der Waals surface area contributed by atoms with Crippen LogP contribution in [0.1, 0.15) is 21.5 Å². The molecular formula is C29H22F3N3O3S. The molecule has 1 heterocycles. The van der Waals surface area contributed by atoms with Crippen molar-refractivity contribution in [2.45, 2.75) is 17.6 Å². The van der Waals surface area contributed by atoms with Gasteiger partial charge >= 0.3 is 6.18 Å². The molecule has 0 fully saturated rings. The van der Waals surface area contributed by atoms with Gasteiger partial charge in [0.2, 0.25) is 0 Å². The Hall–Kier alpha value is -4.44. The number of halogens is 3. The standard InChI is InChI=1S/C29H22F3N3O3S/c1-39(37,38)26-8-3-2-5-22(26)17-33-28(36)19-11-9-18(10-12-19)20-6-4-7-21(15-20)27-34-24-14-13-23(29(30,31)32)16-25(24)35-27/h2-16H,17H2,1H3,(H,33,36)(H,34,35). The third kappa shape index (κ3) is 5.70. The van der Waals surface area contributed by atoms with E-state index in [-0.39, 0.29) is 17.3 Å². The molecule has 4 aromatic carbocycles.